The second-order valence-corrected chi connectivity index (χ2v) is 1.54. The molecule has 0 aromatic heterocycles. The summed E-state index contributed by atoms with van der Waals surface area (Å²) in [6.45, 7) is 0. The molecule has 0 rings (SSSR count). The van der Waals surface area contributed by atoms with Crippen molar-refractivity contribution in [2.75, 3.05) is 0 Å². The predicted octanol–water partition coefficient (Wildman–Crippen LogP) is -6.65. The standard InChI is InChI=1S/K.H3N.Na.H3O4P.H/c;;;1-5(2,3)4;/h;1H3;;(H3,1,2,3,4);/q+1;;+1;;-1. The number of phosphoric acid groups is 1. The number of hydrogen-bond donors (Lipinski definition) is 4. The van der Waals surface area contributed by atoms with Gasteiger partial charge in [-0.25, -0.2) is 4.57 Å². The summed E-state index contributed by atoms with van der Waals surface area (Å²) < 4.78 is 8.88. The molecule has 0 unspecified atom stereocenters. The molecule has 0 aromatic rings. The van der Waals surface area contributed by atoms with Crippen molar-refractivity contribution >= 4 is 7.82 Å². The van der Waals surface area contributed by atoms with Gasteiger partial charge in [-0.3, -0.25) is 0 Å². The van der Waals surface area contributed by atoms with E-state index in [0.29, 0.717) is 0 Å². The molecule has 0 spiro atoms. The second kappa shape index (κ2) is 9.71. The molecule has 0 aliphatic rings. The van der Waals surface area contributed by atoms with Crippen LogP contribution >= 0.6 is 7.82 Å². The Kier molecular flexibility index (Phi) is 27.2. The van der Waals surface area contributed by atoms with E-state index >= 15 is 0 Å². The van der Waals surface area contributed by atoms with Gasteiger partial charge >= 0.3 is 88.8 Å². The van der Waals surface area contributed by atoms with Gasteiger partial charge in [-0.15, -0.1) is 0 Å². The summed E-state index contributed by atoms with van der Waals surface area (Å²) in [5.74, 6) is 0. The Morgan fingerprint density at radius 2 is 1.25 bits per heavy atom. The summed E-state index contributed by atoms with van der Waals surface area (Å²) in [6, 6.07) is 0. The Labute approximate surface area is 113 Å². The van der Waals surface area contributed by atoms with Crippen LogP contribution < -0.4 is 87.1 Å². The summed E-state index contributed by atoms with van der Waals surface area (Å²) in [6.07, 6.45) is 0. The number of rotatable bonds is 0. The van der Waals surface area contributed by atoms with Crippen LogP contribution in [0.5, 0.6) is 0 Å². The third kappa shape index (κ3) is 70.6. The largest absolute Gasteiger partial charge is 1.00 e. The van der Waals surface area contributed by atoms with Crippen LogP contribution in [-0.2, 0) is 4.57 Å². The monoisotopic (exact) mass is 178 g/mol. The molecule has 0 heterocycles. The maximum absolute atomic E-state index is 8.88. The van der Waals surface area contributed by atoms with Crippen molar-refractivity contribution in [2.24, 2.45) is 0 Å². The molecular formula is H7KNNaO4P+. The van der Waals surface area contributed by atoms with Gasteiger partial charge in [0.1, 0.15) is 0 Å². The SMILES string of the molecule is N.O=P(O)(O)O.[H-].[K+].[Na+]. The minimum atomic E-state index is -4.64. The van der Waals surface area contributed by atoms with Gasteiger partial charge < -0.3 is 22.3 Å². The van der Waals surface area contributed by atoms with Crippen molar-refractivity contribution in [3.8, 4) is 0 Å². The fourth-order valence-electron chi connectivity index (χ4n) is 0. The van der Waals surface area contributed by atoms with E-state index in [2.05, 4.69) is 0 Å². The van der Waals surface area contributed by atoms with Crippen molar-refractivity contribution in [3.05, 3.63) is 0 Å². The van der Waals surface area contributed by atoms with Crippen LogP contribution in [0.25, 0.3) is 0 Å². The predicted molar refractivity (Wildman–Crippen MR) is 20.4 cm³/mol. The molecule has 0 bridgehead atoms. The third-order valence-corrected chi connectivity index (χ3v) is 0. The van der Waals surface area contributed by atoms with E-state index in [1.54, 1.807) is 0 Å². The van der Waals surface area contributed by atoms with Crippen molar-refractivity contribution in [1.29, 1.82) is 0 Å². The molecule has 8 heavy (non-hydrogen) atoms. The Hall–Kier alpha value is 2.71. The average molecular weight is 178 g/mol. The minimum absolute atomic E-state index is 0. The molecule has 0 fully saturated rings. The first-order valence-electron chi connectivity index (χ1n) is 0.783. The summed E-state index contributed by atoms with van der Waals surface area (Å²) in [4.78, 5) is 21.6. The van der Waals surface area contributed by atoms with Crippen LogP contribution in [0.1, 0.15) is 1.43 Å². The first-order valence-corrected chi connectivity index (χ1v) is 2.35. The maximum atomic E-state index is 8.88. The summed E-state index contributed by atoms with van der Waals surface area (Å²) in [5, 5.41) is 0. The van der Waals surface area contributed by atoms with Gasteiger partial charge in [-0.05, 0) is 0 Å². The second-order valence-electron chi connectivity index (χ2n) is 0.513. The van der Waals surface area contributed by atoms with Gasteiger partial charge in [0, 0.05) is 0 Å². The maximum Gasteiger partial charge on any atom is 1.00 e. The van der Waals surface area contributed by atoms with E-state index in [0.717, 1.165) is 0 Å². The average Bonchev–Trinajstić information content (AvgIpc) is 0.722. The molecule has 42 valence electrons. The molecule has 0 saturated carbocycles. The van der Waals surface area contributed by atoms with E-state index in [9.17, 15) is 0 Å². The van der Waals surface area contributed by atoms with E-state index < -0.39 is 7.82 Å². The van der Waals surface area contributed by atoms with Crippen LogP contribution in [0.2, 0.25) is 0 Å². The van der Waals surface area contributed by atoms with Crippen LogP contribution in [0.3, 0.4) is 0 Å². The quantitative estimate of drug-likeness (QED) is 0.217. The summed E-state index contributed by atoms with van der Waals surface area (Å²) in [7, 11) is -4.64. The smallest absolute Gasteiger partial charge is 1.00 e. The van der Waals surface area contributed by atoms with Crippen LogP contribution in [0.4, 0.5) is 0 Å². The van der Waals surface area contributed by atoms with Crippen LogP contribution in [0.15, 0.2) is 0 Å². The van der Waals surface area contributed by atoms with Crippen LogP contribution in [-0.4, -0.2) is 14.7 Å². The third-order valence-electron chi connectivity index (χ3n) is 0. The molecular weight excluding hydrogens is 171 g/mol. The van der Waals surface area contributed by atoms with Crippen molar-refractivity contribution in [1.82, 2.24) is 6.15 Å². The van der Waals surface area contributed by atoms with Crippen molar-refractivity contribution < 1.29 is 102 Å². The Morgan fingerprint density at radius 3 is 1.25 bits per heavy atom. The first-order chi connectivity index (χ1) is 2.00. The van der Waals surface area contributed by atoms with E-state index in [-0.39, 0.29) is 88.5 Å². The van der Waals surface area contributed by atoms with E-state index in [1.807, 2.05) is 0 Å². The van der Waals surface area contributed by atoms with Crippen molar-refractivity contribution in [2.45, 2.75) is 0 Å². The van der Waals surface area contributed by atoms with Gasteiger partial charge in [0.2, 0.25) is 0 Å². The first kappa shape index (κ1) is 22.4. The van der Waals surface area contributed by atoms with Gasteiger partial charge in [0.05, 0.1) is 0 Å². The molecule has 6 N–H and O–H groups in total. The molecule has 0 saturated heterocycles. The molecule has 0 aliphatic heterocycles. The van der Waals surface area contributed by atoms with Gasteiger partial charge in [-0.2, -0.15) is 0 Å². The zero-order chi connectivity index (χ0) is 4.50. The van der Waals surface area contributed by atoms with Gasteiger partial charge in [0.15, 0.2) is 0 Å². The van der Waals surface area contributed by atoms with Gasteiger partial charge in [0.25, 0.3) is 0 Å². The Bertz CT molecular complexity index is 66.7. The van der Waals surface area contributed by atoms with Crippen LogP contribution in [0, 0.1) is 0 Å². The van der Waals surface area contributed by atoms with E-state index in [1.165, 1.54) is 0 Å². The fraction of sp³-hybridized carbons (Fsp3) is 0. The fourth-order valence-corrected chi connectivity index (χ4v) is 0. The molecule has 0 aromatic carbocycles. The van der Waals surface area contributed by atoms with Crippen molar-refractivity contribution in [3.63, 3.8) is 0 Å². The zero-order valence-electron chi connectivity index (χ0n) is 5.90. The molecule has 5 nitrogen and oxygen atoms in total. The Balaban J connectivity index is -0.0000000133. The Morgan fingerprint density at radius 1 is 1.25 bits per heavy atom. The minimum Gasteiger partial charge on any atom is -1.00 e. The summed E-state index contributed by atoms with van der Waals surface area (Å²) >= 11 is 0. The molecule has 0 aliphatic carbocycles. The molecule has 0 amide bonds. The molecule has 0 radical (unpaired) electrons. The normalized spacial score (nSPS) is 7.38. The zero-order valence-corrected chi connectivity index (χ0v) is 10.9. The topological polar surface area (TPSA) is 113 Å². The molecule has 8 heteroatoms. The van der Waals surface area contributed by atoms with Gasteiger partial charge in [-0.1, -0.05) is 0 Å². The summed E-state index contributed by atoms with van der Waals surface area (Å²) in [5.41, 5.74) is 0. The number of hydrogen-bond acceptors (Lipinski definition) is 2. The van der Waals surface area contributed by atoms with E-state index in [4.69, 9.17) is 19.2 Å². The molecule has 0 atom stereocenters.